The number of benzene rings is 1. The van der Waals surface area contributed by atoms with Crippen LogP contribution in [0, 0.1) is 0 Å². The Morgan fingerprint density at radius 1 is 1.29 bits per heavy atom. The van der Waals surface area contributed by atoms with E-state index < -0.39 is 5.60 Å². The number of hydrogen-bond acceptors (Lipinski definition) is 2. The first-order valence-electron chi connectivity index (χ1n) is 7.09. The van der Waals surface area contributed by atoms with Gasteiger partial charge in [-0.05, 0) is 44.5 Å². The van der Waals surface area contributed by atoms with Crippen LogP contribution in [-0.2, 0) is 17.8 Å². The minimum Gasteiger partial charge on any atom is -0.444 e. The number of rotatable bonds is 0. The molecule has 0 spiro atoms. The van der Waals surface area contributed by atoms with Crippen molar-refractivity contribution >= 4 is 32.9 Å². The lowest BCUT2D eigenvalue weighted by atomic mass is 10.1. The van der Waals surface area contributed by atoms with Crippen LogP contribution in [0.1, 0.15) is 26.3 Å². The Morgan fingerprint density at radius 2 is 2.05 bits per heavy atom. The van der Waals surface area contributed by atoms with Gasteiger partial charge in [0.25, 0.3) is 0 Å². The van der Waals surface area contributed by atoms with E-state index in [2.05, 4.69) is 44.9 Å². The van der Waals surface area contributed by atoms with E-state index in [0.717, 1.165) is 16.6 Å². The number of halogens is 1. The maximum Gasteiger partial charge on any atom is 0.410 e. The highest BCUT2D eigenvalue weighted by Gasteiger charge is 2.25. The summed E-state index contributed by atoms with van der Waals surface area (Å²) in [4.78, 5) is 14.1. The van der Waals surface area contributed by atoms with Crippen LogP contribution in [0.4, 0.5) is 4.79 Å². The molecule has 0 atom stereocenters. The van der Waals surface area contributed by atoms with Crippen LogP contribution in [-0.4, -0.2) is 27.7 Å². The zero-order valence-corrected chi connectivity index (χ0v) is 14.1. The summed E-state index contributed by atoms with van der Waals surface area (Å²) in [7, 11) is 0. The van der Waals surface area contributed by atoms with Gasteiger partial charge < -0.3 is 14.2 Å². The molecule has 0 N–H and O–H groups in total. The van der Waals surface area contributed by atoms with Crippen LogP contribution in [0.5, 0.6) is 0 Å². The molecule has 1 aromatic heterocycles. The highest BCUT2D eigenvalue weighted by Crippen LogP contribution is 2.29. The van der Waals surface area contributed by atoms with Crippen molar-refractivity contribution in [3.63, 3.8) is 0 Å². The monoisotopic (exact) mass is 350 g/mol. The summed E-state index contributed by atoms with van der Waals surface area (Å²) >= 11 is 3.54. The van der Waals surface area contributed by atoms with E-state index in [-0.39, 0.29) is 6.09 Å². The Balaban J connectivity index is 1.93. The second kappa shape index (κ2) is 5.05. The van der Waals surface area contributed by atoms with Crippen molar-refractivity contribution in [2.45, 2.75) is 39.5 Å². The molecule has 1 aliphatic heterocycles. The average Bonchev–Trinajstić information content (AvgIpc) is 2.64. The van der Waals surface area contributed by atoms with Crippen molar-refractivity contribution in [1.82, 2.24) is 9.47 Å². The van der Waals surface area contributed by atoms with Crippen molar-refractivity contribution < 1.29 is 9.53 Å². The van der Waals surface area contributed by atoms with Gasteiger partial charge in [-0.1, -0.05) is 15.9 Å². The van der Waals surface area contributed by atoms with Crippen LogP contribution < -0.4 is 0 Å². The molecule has 2 aromatic rings. The zero-order chi connectivity index (χ0) is 15.2. The normalized spacial score (nSPS) is 15.1. The van der Waals surface area contributed by atoms with Gasteiger partial charge in [-0.3, -0.25) is 0 Å². The Bertz CT molecular complexity index is 700. The summed E-state index contributed by atoms with van der Waals surface area (Å²) in [6.07, 6.45) is 1.83. The summed E-state index contributed by atoms with van der Waals surface area (Å²) < 4.78 is 8.75. The Morgan fingerprint density at radius 3 is 2.76 bits per heavy atom. The Kier molecular flexibility index (Phi) is 3.48. The fourth-order valence-electron chi connectivity index (χ4n) is 2.70. The second-order valence-corrected chi connectivity index (χ2v) is 7.33. The van der Waals surface area contributed by atoms with Gasteiger partial charge in [0.1, 0.15) is 5.60 Å². The maximum absolute atomic E-state index is 12.3. The lowest BCUT2D eigenvalue weighted by Gasteiger charge is -2.26. The predicted octanol–water partition coefficient (Wildman–Crippen LogP) is 4.15. The van der Waals surface area contributed by atoms with E-state index >= 15 is 0 Å². The van der Waals surface area contributed by atoms with Gasteiger partial charge >= 0.3 is 6.09 Å². The first-order chi connectivity index (χ1) is 9.83. The van der Waals surface area contributed by atoms with E-state index in [1.165, 1.54) is 10.9 Å². The lowest BCUT2D eigenvalue weighted by Crippen LogP contribution is -2.37. The molecule has 1 aliphatic rings. The van der Waals surface area contributed by atoms with Gasteiger partial charge in [0.2, 0.25) is 0 Å². The standard InChI is InChI=1S/C16H19BrN2O2/c1-16(2,3)21-15(20)19-7-6-18-5-4-11-8-13(17)9-12(10-19)14(11)18/h4-5,8-9H,6-7,10H2,1-3H3. The summed E-state index contributed by atoms with van der Waals surface area (Å²) in [5.41, 5.74) is 1.89. The molecule has 0 fully saturated rings. The Labute approximate surface area is 132 Å². The molecule has 0 saturated carbocycles. The second-order valence-electron chi connectivity index (χ2n) is 6.41. The van der Waals surface area contributed by atoms with Crippen molar-refractivity contribution in [2.24, 2.45) is 0 Å². The van der Waals surface area contributed by atoms with Crippen LogP contribution >= 0.6 is 15.9 Å². The van der Waals surface area contributed by atoms with Gasteiger partial charge in [-0.15, -0.1) is 0 Å². The number of hydrogen-bond donors (Lipinski definition) is 0. The van der Waals surface area contributed by atoms with E-state index in [4.69, 9.17) is 4.74 Å². The average molecular weight is 351 g/mol. The lowest BCUT2D eigenvalue weighted by molar-refractivity contribution is 0.0233. The molecule has 21 heavy (non-hydrogen) atoms. The smallest absolute Gasteiger partial charge is 0.410 e. The molecule has 0 radical (unpaired) electrons. The molecule has 4 nitrogen and oxygen atoms in total. The zero-order valence-electron chi connectivity index (χ0n) is 12.5. The number of carbonyl (C=O) groups excluding carboxylic acids is 1. The molecule has 3 rings (SSSR count). The highest BCUT2D eigenvalue weighted by atomic mass is 79.9. The fourth-order valence-corrected chi connectivity index (χ4v) is 3.23. The van der Waals surface area contributed by atoms with Crippen molar-refractivity contribution in [3.05, 3.63) is 34.4 Å². The minimum absolute atomic E-state index is 0.249. The number of aromatic nitrogens is 1. The van der Waals surface area contributed by atoms with E-state index in [0.29, 0.717) is 13.1 Å². The van der Waals surface area contributed by atoms with E-state index in [1.54, 1.807) is 4.90 Å². The molecular formula is C16H19BrN2O2. The maximum atomic E-state index is 12.3. The van der Waals surface area contributed by atoms with Gasteiger partial charge in [-0.2, -0.15) is 0 Å². The van der Waals surface area contributed by atoms with E-state index in [9.17, 15) is 4.79 Å². The van der Waals surface area contributed by atoms with Crippen molar-refractivity contribution in [2.75, 3.05) is 6.54 Å². The quantitative estimate of drug-likeness (QED) is 0.715. The largest absolute Gasteiger partial charge is 0.444 e. The van der Waals surface area contributed by atoms with Crippen LogP contribution in [0.15, 0.2) is 28.9 Å². The number of carbonyl (C=O) groups is 1. The van der Waals surface area contributed by atoms with E-state index in [1.807, 2.05) is 20.8 Å². The van der Waals surface area contributed by atoms with Crippen molar-refractivity contribution in [1.29, 1.82) is 0 Å². The Hall–Kier alpha value is -1.49. The van der Waals surface area contributed by atoms with Gasteiger partial charge in [0, 0.05) is 29.1 Å². The molecule has 2 heterocycles. The molecule has 1 amide bonds. The third-order valence-corrected chi connectivity index (χ3v) is 3.99. The summed E-state index contributed by atoms with van der Waals surface area (Å²) in [6.45, 7) is 7.70. The number of ether oxygens (including phenoxy) is 1. The predicted molar refractivity (Wildman–Crippen MR) is 86.3 cm³/mol. The number of amides is 1. The molecule has 0 saturated heterocycles. The van der Waals surface area contributed by atoms with Gasteiger partial charge in [-0.25, -0.2) is 4.79 Å². The van der Waals surface area contributed by atoms with Gasteiger partial charge in [0.15, 0.2) is 0 Å². The number of nitrogens with zero attached hydrogens (tertiary/aromatic N) is 2. The van der Waals surface area contributed by atoms with Crippen LogP contribution in [0.3, 0.4) is 0 Å². The molecule has 0 bridgehead atoms. The van der Waals surface area contributed by atoms with Crippen LogP contribution in [0.2, 0.25) is 0 Å². The third-order valence-electron chi connectivity index (χ3n) is 3.53. The first-order valence-corrected chi connectivity index (χ1v) is 7.88. The third kappa shape index (κ3) is 2.93. The minimum atomic E-state index is -0.467. The van der Waals surface area contributed by atoms with Crippen LogP contribution in [0.25, 0.3) is 10.9 Å². The summed E-state index contributed by atoms with van der Waals surface area (Å²) in [6, 6.07) is 6.31. The molecule has 112 valence electrons. The van der Waals surface area contributed by atoms with Crippen molar-refractivity contribution in [3.8, 4) is 0 Å². The summed E-state index contributed by atoms with van der Waals surface area (Å²) in [5.74, 6) is 0. The summed E-state index contributed by atoms with van der Waals surface area (Å²) in [5, 5.41) is 1.20. The molecule has 0 aliphatic carbocycles. The molecule has 1 aromatic carbocycles. The molecule has 5 heteroatoms. The SMILES string of the molecule is CC(C)(C)OC(=O)N1CCn2ccc3cc(Br)cc(c32)C1. The fraction of sp³-hybridized carbons (Fsp3) is 0.438. The van der Waals surface area contributed by atoms with Gasteiger partial charge in [0.05, 0.1) is 12.1 Å². The topological polar surface area (TPSA) is 34.5 Å². The highest BCUT2D eigenvalue weighted by molar-refractivity contribution is 9.10. The molecule has 0 unspecified atom stereocenters. The molecular weight excluding hydrogens is 332 g/mol. The first kappa shape index (κ1) is 14.4.